The minimum absolute atomic E-state index is 0.225. The van der Waals surface area contributed by atoms with Crippen molar-refractivity contribution in [3.8, 4) is 0 Å². The van der Waals surface area contributed by atoms with Gasteiger partial charge in [-0.3, -0.25) is 4.79 Å². The second-order valence-electron chi connectivity index (χ2n) is 4.74. The number of benzene rings is 2. The lowest BCUT2D eigenvalue weighted by Crippen LogP contribution is -2.13. The van der Waals surface area contributed by atoms with Crippen molar-refractivity contribution in [3.05, 3.63) is 64.5 Å². The second-order valence-corrected chi connectivity index (χ2v) is 4.74. The highest BCUT2D eigenvalue weighted by Crippen LogP contribution is 2.18. The molecule has 0 saturated carbocycles. The number of halogens is 1. The van der Waals surface area contributed by atoms with Crippen LogP contribution in [-0.4, -0.2) is 5.91 Å². The van der Waals surface area contributed by atoms with Crippen LogP contribution in [0.1, 0.15) is 27.0 Å². The first-order valence-electron chi connectivity index (χ1n) is 6.12. The Morgan fingerprint density at radius 3 is 2.42 bits per heavy atom. The van der Waals surface area contributed by atoms with E-state index in [9.17, 15) is 9.18 Å². The van der Waals surface area contributed by atoms with Gasteiger partial charge in [-0.2, -0.15) is 0 Å². The zero-order valence-corrected chi connectivity index (χ0v) is 11.3. The quantitative estimate of drug-likeness (QED) is 0.865. The fourth-order valence-corrected chi connectivity index (χ4v) is 1.85. The Bertz CT molecular complexity index is 635. The summed E-state index contributed by atoms with van der Waals surface area (Å²) >= 11 is 0. The van der Waals surface area contributed by atoms with Crippen LogP contribution in [0.5, 0.6) is 0 Å². The molecule has 3 heteroatoms. The molecule has 0 radical (unpaired) electrons. The Morgan fingerprint density at radius 1 is 1.00 bits per heavy atom. The van der Waals surface area contributed by atoms with Crippen LogP contribution in [0.25, 0.3) is 0 Å². The number of amides is 1. The van der Waals surface area contributed by atoms with Crippen molar-refractivity contribution in [1.82, 2.24) is 0 Å². The maximum Gasteiger partial charge on any atom is 0.255 e. The number of rotatable bonds is 2. The topological polar surface area (TPSA) is 29.1 Å². The van der Waals surface area contributed by atoms with Crippen molar-refractivity contribution in [2.45, 2.75) is 20.8 Å². The molecule has 98 valence electrons. The zero-order chi connectivity index (χ0) is 14.0. The highest BCUT2D eigenvalue weighted by Gasteiger charge is 2.09. The molecule has 0 unspecified atom stereocenters. The molecular formula is C16H16FNO. The maximum atomic E-state index is 13.2. The van der Waals surface area contributed by atoms with Crippen molar-refractivity contribution >= 4 is 11.6 Å². The normalized spacial score (nSPS) is 10.3. The minimum Gasteiger partial charge on any atom is -0.322 e. The van der Waals surface area contributed by atoms with Crippen molar-refractivity contribution in [2.24, 2.45) is 0 Å². The SMILES string of the molecule is Cc1ccc(C)c(NC(=O)c2ccc(F)c(C)c2)c1. The van der Waals surface area contributed by atoms with Gasteiger partial charge in [-0.15, -0.1) is 0 Å². The van der Waals surface area contributed by atoms with E-state index in [1.165, 1.54) is 12.1 Å². The zero-order valence-electron chi connectivity index (χ0n) is 11.3. The highest BCUT2D eigenvalue weighted by molar-refractivity contribution is 6.04. The minimum atomic E-state index is -0.303. The molecule has 0 bridgehead atoms. The van der Waals surface area contributed by atoms with E-state index in [1.54, 1.807) is 13.0 Å². The van der Waals surface area contributed by atoms with Crippen LogP contribution in [0.15, 0.2) is 36.4 Å². The molecule has 0 heterocycles. The van der Waals surface area contributed by atoms with E-state index >= 15 is 0 Å². The molecule has 0 aliphatic heterocycles. The number of nitrogens with one attached hydrogen (secondary N) is 1. The van der Waals surface area contributed by atoms with Gasteiger partial charge >= 0.3 is 0 Å². The summed E-state index contributed by atoms with van der Waals surface area (Å²) in [5, 5.41) is 2.85. The van der Waals surface area contributed by atoms with Gasteiger partial charge in [0.2, 0.25) is 0 Å². The molecular weight excluding hydrogens is 241 g/mol. The van der Waals surface area contributed by atoms with Crippen LogP contribution >= 0.6 is 0 Å². The van der Waals surface area contributed by atoms with Gasteiger partial charge in [0.05, 0.1) is 0 Å². The molecule has 2 aromatic rings. The molecule has 0 aromatic heterocycles. The summed E-state index contributed by atoms with van der Waals surface area (Å²) in [6.45, 7) is 5.55. The summed E-state index contributed by atoms with van der Waals surface area (Å²) in [6.07, 6.45) is 0. The second kappa shape index (κ2) is 5.22. The number of hydrogen-bond donors (Lipinski definition) is 1. The first kappa shape index (κ1) is 13.3. The van der Waals surface area contributed by atoms with Crippen LogP contribution in [0.3, 0.4) is 0 Å². The van der Waals surface area contributed by atoms with Gasteiger partial charge in [0.1, 0.15) is 5.82 Å². The first-order chi connectivity index (χ1) is 8.97. The highest BCUT2D eigenvalue weighted by atomic mass is 19.1. The Hall–Kier alpha value is -2.16. The van der Waals surface area contributed by atoms with E-state index in [0.29, 0.717) is 11.1 Å². The third-order valence-corrected chi connectivity index (χ3v) is 3.06. The molecule has 0 fully saturated rings. The molecule has 0 aliphatic carbocycles. The fraction of sp³-hybridized carbons (Fsp3) is 0.188. The van der Waals surface area contributed by atoms with Crippen LogP contribution < -0.4 is 5.32 Å². The molecule has 2 aromatic carbocycles. The molecule has 0 spiro atoms. The van der Waals surface area contributed by atoms with Crippen molar-refractivity contribution in [3.63, 3.8) is 0 Å². The molecule has 1 N–H and O–H groups in total. The predicted octanol–water partition coefficient (Wildman–Crippen LogP) is 4.00. The molecule has 0 saturated heterocycles. The number of hydrogen-bond acceptors (Lipinski definition) is 1. The first-order valence-corrected chi connectivity index (χ1v) is 6.12. The van der Waals surface area contributed by atoms with Gasteiger partial charge in [-0.05, 0) is 61.7 Å². The van der Waals surface area contributed by atoms with Gasteiger partial charge in [0.15, 0.2) is 0 Å². The largest absolute Gasteiger partial charge is 0.322 e. The Morgan fingerprint density at radius 2 is 1.74 bits per heavy atom. The number of carbonyl (C=O) groups is 1. The molecule has 2 nitrogen and oxygen atoms in total. The predicted molar refractivity (Wildman–Crippen MR) is 75.0 cm³/mol. The molecule has 2 rings (SSSR count). The van der Waals surface area contributed by atoms with E-state index in [-0.39, 0.29) is 11.7 Å². The van der Waals surface area contributed by atoms with Crippen LogP contribution in [0, 0.1) is 26.6 Å². The Balaban J connectivity index is 2.25. The van der Waals surface area contributed by atoms with Gasteiger partial charge in [-0.25, -0.2) is 4.39 Å². The number of aryl methyl sites for hydroxylation is 3. The standard InChI is InChI=1S/C16H16FNO/c1-10-4-5-11(2)15(8-10)18-16(19)13-6-7-14(17)12(3)9-13/h4-9H,1-3H3,(H,18,19). The fourth-order valence-electron chi connectivity index (χ4n) is 1.85. The van der Waals surface area contributed by atoms with Gasteiger partial charge in [0, 0.05) is 11.3 Å². The monoisotopic (exact) mass is 257 g/mol. The van der Waals surface area contributed by atoms with Crippen LogP contribution in [0.2, 0.25) is 0 Å². The molecule has 19 heavy (non-hydrogen) atoms. The molecule has 1 amide bonds. The summed E-state index contributed by atoms with van der Waals surface area (Å²) in [7, 11) is 0. The lowest BCUT2D eigenvalue weighted by atomic mass is 10.1. The summed E-state index contributed by atoms with van der Waals surface area (Å²) in [5.74, 6) is -0.528. The van der Waals surface area contributed by atoms with E-state index in [2.05, 4.69) is 5.32 Å². The van der Waals surface area contributed by atoms with E-state index in [1.807, 2.05) is 32.0 Å². The van der Waals surface area contributed by atoms with Crippen molar-refractivity contribution < 1.29 is 9.18 Å². The van der Waals surface area contributed by atoms with Crippen LogP contribution in [-0.2, 0) is 0 Å². The van der Waals surface area contributed by atoms with Crippen molar-refractivity contribution in [2.75, 3.05) is 5.32 Å². The smallest absolute Gasteiger partial charge is 0.255 e. The molecule has 0 atom stereocenters. The summed E-state index contributed by atoms with van der Waals surface area (Å²) in [5.41, 5.74) is 3.79. The summed E-state index contributed by atoms with van der Waals surface area (Å²) < 4.78 is 13.2. The maximum absolute atomic E-state index is 13.2. The molecule has 0 aliphatic rings. The van der Waals surface area contributed by atoms with Gasteiger partial charge < -0.3 is 5.32 Å². The third kappa shape index (κ3) is 2.99. The van der Waals surface area contributed by atoms with E-state index in [4.69, 9.17) is 0 Å². The average molecular weight is 257 g/mol. The third-order valence-electron chi connectivity index (χ3n) is 3.06. The van der Waals surface area contributed by atoms with Gasteiger partial charge in [-0.1, -0.05) is 12.1 Å². The lowest BCUT2D eigenvalue weighted by molar-refractivity contribution is 0.102. The summed E-state index contributed by atoms with van der Waals surface area (Å²) in [4.78, 5) is 12.1. The lowest BCUT2D eigenvalue weighted by Gasteiger charge is -2.10. The van der Waals surface area contributed by atoms with Gasteiger partial charge in [0.25, 0.3) is 5.91 Å². The van der Waals surface area contributed by atoms with Crippen molar-refractivity contribution in [1.29, 1.82) is 0 Å². The Labute approximate surface area is 112 Å². The number of anilines is 1. The summed E-state index contributed by atoms with van der Waals surface area (Å²) in [6, 6.07) is 10.2. The van der Waals surface area contributed by atoms with E-state index in [0.717, 1.165) is 16.8 Å². The number of carbonyl (C=O) groups excluding carboxylic acids is 1. The van der Waals surface area contributed by atoms with Crippen LogP contribution in [0.4, 0.5) is 10.1 Å². The Kier molecular flexibility index (Phi) is 3.65. The van der Waals surface area contributed by atoms with E-state index < -0.39 is 0 Å². The average Bonchev–Trinajstić information content (AvgIpc) is 2.37.